The minimum absolute atomic E-state index is 0.0696. The fourth-order valence-corrected chi connectivity index (χ4v) is 4.96. The molecule has 1 saturated carbocycles. The van der Waals surface area contributed by atoms with E-state index < -0.39 is 10.8 Å². The van der Waals surface area contributed by atoms with Crippen LogP contribution in [0.3, 0.4) is 0 Å². The second-order valence-corrected chi connectivity index (χ2v) is 11.0. The molecule has 7 heteroatoms. The summed E-state index contributed by atoms with van der Waals surface area (Å²) in [5.41, 5.74) is 1.64. The van der Waals surface area contributed by atoms with Gasteiger partial charge < -0.3 is 10.1 Å². The maximum Gasteiger partial charge on any atom is 0.257 e. The van der Waals surface area contributed by atoms with Crippen LogP contribution in [0, 0.1) is 19.8 Å². The second-order valence-electron chi connectivity index (χ2n) is 9.14. The van der Waals surface area contributed by atoms with Gasteiger partial charge in [-0.2, -0.15) is 0 Å². The maximum absolute atomic E-state index is 11.9. The predicted octanol–water partition coefficient (Wildman–Crippen LogP) is 5.66. The summed E-state index contributed by atoms with van der Waals surface area (Å²) in [4.78, 5) is 20.5. The number of hydrogen-bond donors (Lipinski definition) is 1. The third kappa shape index (κ3) is 10.1. The molecule has 3 rings (SSSR count). The van der Waals surface area contributed by atoms with Gasteiger partial charge >= 0.3 is 0 Å². The minimum Gasteiger partial charge on any atom is -0.481 e. The molecule has 1 heterocycles. The molecule has 0 bridgehead atoms. The Morgan fingerprint density at radius 1 is 1.15 bits per heavy atom. The smallest absolute Gasteiger partial charge is 0.257 e. The van der Waals surface area contributed by atoms with Crippen LogP contribution in [0.25, 0.3) is 10.9 Å². The van der Waals surface area contributed by atoms with Gasteiger partial charge in [-0.3, -0.25) is 9.00 Å². The largest absolute Gasteiger partial charge is 0.481 e. The molecule has 0 saturated heterocycles. The SMILES string of the molecule is CCCCC1CCCCC1.CCS(=O)CCCNC(=O)COc1c(C)ccc2cnc(C)nc12. The van der Waals surface area contributed by atoms with E-state index in [1.54, 1.807) is 6.20 Å². The van der Waals surface area contributed by atoms with Crippen molar-refractivity contribution in [2.45, 2.75) is 85.5 Å². The lowest BCUT2D eigenvalue weighted by molar-refractivity contribution is -0.123. The summed E-state index contributed by atoms with van der Waals surface area (Å²) in [5.74, 6) is 3.44. The Morgan fingerprint density at radius 3 is 2.62 bits per heavy atom. The number of nitrogens with one attached hydrogen (secondary N) is 1. The third-order valence-corrected chi connectivity index (χ3v) is 7.64. The van der Waals surface area contributed by atoms with Crippen LogP contribution in [-0.4, -0.2) is 44.7 Å². The van der Waals surface area contributed by atoms with Gasteiger partial charge in [0.1, 0.15) is 17.1 Å². The van der Waals surface area contributed by atoms with Gasteiger partial charge in [0.05, 0.1) is 0 Å². The van der Waals surface area contributed by atoms with Crippen LogP contribution in [0.5, 0.6) is 5.75 Å². The van der Waals surface area contributed by atoms with Crippen LogP contribution in [0.2, 0.25) is 0 Å². The molecular weight excluding hydrogens is 446 g/mol. The summed E-state index contributed by atoms with van der Waals surface area (Å²) >= 11 is 0. The lowest BCUT2D eigenvalue weighted by atomic mass is 9.86. The summed E-state index contributed by atoms with van der Waals surface area (Å²) in [7, 11) is -0.793. The molecule has 0 aliphatic heterocycles. The number of hydrogen-bond acceptors (Lipinski definition) is 5. The molecule has 1 aromatic carbocycles. The molecule has 0 spiro atoms. The highest BCUT2D eigenvalue weighted by atomic mass is 32.2. The molecule has 0 radical (unpaired) electrons. The number of nitrogens with zero attached hydrogens (tertiary/aromatic N) is 2. The van der Waals surface area contributed by atoms with E-state index in [2.05, 4.69) is 22.2 Å². The first-order chi connectivity index (χ1) is 16.4. The number of ether oxygens (including phenoxy) is 1. The summed E-state index contributed by atoms with van der Waals surface area (Å²) in [6.07, 6.45) is 14.4. The van der Waals surface area contributed by atoms with Gasteiger partial charge in [0, 0.05) is 40.4 Å². The van der Waals surface area contributed by atoms with Crippen LogP contribution in [0.4, 0.5) is 0 Å². The molecule has 1 amide bonds. The fraction of sp³-hybridized carbons (Fsp3) is 0.667. The number of carbonyl (C=O) groups is 1. The molecule has 1 unspecified atom stereocenters. The van der Waals surface area contributed by atoms with Gasteiger partial charge in [0.2, 0.25) is 0 Å². The van der Waals surface area contributed by atoms with E-state index in [0.29, 0.717) is 41.6 Å². The normalized spacial score (nSPS) is 14.8. The van der Waals surface area contributed by atoms with Gasteiger partial charge in [0.25, 0.3) is 5.91 Å². The first-order valence-corrected chi connectivity index (χ1v) is 14.4. The number of aryl methyl sites for hydroxylation is 2. The first kappa shape index (κ1) is 28.2. The van der Waals surface area contributed by atoms with E-state index >= 15 is 0 Å². The Kier molecular flexibility index (Phi) is 13.1. The van der Waals surface area contributed by atoms with Crippen molar-refractivity contribution in [3.05, 3.63) is 29.7 Å². The van der Waals surface area contributed by atoms with Crippen molar-refractivity contribution >= 4 is 27.6 Å². The van der Waals surface area contributed by atoms with Crippen LogP contribution in [0.15, 0.2) is 18.3 Å². The highest BCUT2D eigenvalue weighted by molar-refractivity contribution is 7.84. The Bertz CT molecular complexity index is 908. The van der Waals surface area contributed by atoms with E-state index in [-0.39, 0.29) is 12.5 Å². The standard InChI is InChI=1S/C17H23N3O3S.C10H20/c1-4-24(22)9-5-8-18-15(21)11-23-17-12(2)6-7-14-10-19-13(3)20-16(14)17;1-2-3-7-10-8-5-4-6-9-10/h6-7,10H,4-5,8-9,11H2,1-3H3,(H,18,21);10H,2-9H2,1H3. The van der Waals surface area contributed by atoms with Crippen molar-refractivity contribution in [1.29, 1.82) is 0 Å². The predicted molar refractivity (Wildman–Crippen MR) is 142 cm³/mol. The lowest BCUT2D eigenvalue weighted by Gasteiger charge is -2.20. The molecule has 1 atom stereocenters. The molecule has 1 aliphatic rings. The number of unbranched alkanes of at least 4 members (excludes halogenated alkanes) is 1. The molecule has 34 heavy (non-hydrogen) atoms. The Morgan fingerprint density at radius 2 is 1.91 bits per heavy atom. The van der Waals surface area contributed by atoms with Crippen molar-refractivity contribution in [3.63, 3.8) is 0 Å². The van der Waals surface area contributed by atoms with Gasteiger partial charge in [-0.05, 0) is 31.7 Å². The van der Waals surface area contributed by atoms with E-state index in [0.717, 1.165) is 16.9 Å². The zero-order chi connectivity index (χ0) is 24.8. The van der Waals surface area contributed by atoms with Crippen molar-refractivity contribution in [3.8, 4) is 5.75 Å². The summed E-state index contributed by atoms with van der Waals surface area (Å²) < 4.78 is 17.0. The van der Waals surface area contributed by atoms with Crippen molar-refractivity contribution in [1.82, 2.24) is 15.3 Å². The zero-order valence-electron chi connectivity index (χ0n) is 21.5. The average Bonchev–Trinajstić information content (AvgIpc) is 2.85. The highest BCUT2D eigenvalue weighted by Gasteiger charge is 2.12. The van der Waals surface area contributed by atoms with E-state index in [1.807, 2.05) is 32.9 Å². The van der Waals surface area contributed by atoms with E-state index in [1.165, 1.54) is 51.4 Å². The van der Waals surface area contributed by atoms with E-state index in [4.69, 9.17) is 4.74 Å². The van der Waals surface area contributed by atoms with Crippen molar-refractivity contribution < 1.29 is 13.7 Å². The minimum atomic E-state index is -0.793. The molecule has 1 N–H and O–H groups in total. The molecular formula is C27H43N3O3S. The van der Waals surface area contributed by atoms with Gasteiger partial charge in [-0.15, -0.1) is 0 Å². The number of aromatic nitrogens is 2. The quantitative estimate of drug-likeness (QED) is 0.412. The Labute approximate surface area is 208 Å². The van der Waals surface area contributed by atoms with Crippen LogP contribution in [0.1, 0.15) is 83.0 Å². The Hall–Kier alpha value is -2.02. The number of rotatable bonds is 11. The van der Waals surface area contributed by atoms with Crippen molar-refractivity contribution in [2.24, 2.45) is 5.92 Å². The van der Waals surface area contributed by atoms with Gasteiger partial charge in [0.15, 0.2) is 6.61 Å². The first-order valence-electron chi connectivity index (χ1n) is 12.9. The third-order valence-electron chi connectivity index (χ3n) is 6.25. The van der Waals surface area contributed by atoms with Gasteiger partial charge in [-0.1, -0.05) is 77.3 Å². The monoisotopic (exact) mass is 489 g/mol. The van der Waals surface area contributed by atoms with Gasteiger partial charge in [-0.25, -0.2) is 9.97 Å². The molecule has 1 aromatic heterocycles. The molecule has 2 aromatic rings. The Balaban J connectivity index is 0.000000340. The summed E-state index contributed by atoms with van der Waals surface area (Å²) in [6.45, 7) is 8.36. The lowest BCUT2D eigenvalue weighted by Crippen LogP contribution is -2.30. The molecule has 190 valence electrons. The topological polar surface area (TPSA) is 81.2 Å². The number of benzene rings is 1. The van der Waals surface area contributed by atoms with Crippen LogP contribution < -0.4 is 10.1 Å². The van der Waals surface area contributed by atoms with Crippen molar-refractivity contribution in [2.75, 3.05) is 24.7 Å². The number of amides is 1. The van der Waals surface area contributed by atoms with E-state index in [9.17, 15) is 9.00 Å². The molecule has 6 nitrogen and oxygen atoms in total. The fourth-order valence-electron chi connectivity index (χ4n) is 4.21. The van der Waals surface area contributed by atoms with Crippen LogP contribution in [-0.2, 0) is 15.6 Å². The second kappa shape index (κ2) is 15.8. The summed E-state index contributed by atoms with van der Waals surface area (Å²) in [6, 6.07) is 3.86. The molecule has 1 fully saturated rings. The van der Waals surface area contributed by atoms with Crippen LogP contribution >= 0.6 is 0 Å². The zero-order valence-corrected chi connectivity index (χ0v) is 22.3. The summed E-state index contributed by atoms with van der Waals surface area (Å²) in [5, 5.41) is 3.66. The average molecular weight is 490 g/mol. The highest BCUT2D eigenvalue weighted by Crippen LogP contribution is 2.28. The number of fused-ring (bicyclic) bond motifs is 1. The number of carbonyl (C=O) groups excluding carboxylic acids is 1. The maximum atomic E-state index is 11.9. The molecule has 1 aliphatic carbocycles.